The van der Waals surface area contributed by atoms with Crippen molar-refractivity contribution in [2.45, 2.75) is 43.9 Å². The number of thioether (sulfide) groups is 1. The summed E-state index contributed by atoms with van der Waals surface area (Å²) in [5.41, 5.74) is 1.09. The fourth-order valence-corrected chi connectivity index (χ4v) is 2.55. The molecule has 0 aliphatic carbocycles. The van der Waals surface area contributed by atoms with Gasteiger partial charge in [0, 0.05) is 11.7 Å². The zero-order valence-electron chi connectivity index (χ0n) is 12.9. The Kier molecular flexibility index (Phi) is 9.43. The van der Waals surface area contributed by atoms with Gasteiger partial charge in [0.2, 0.25) is 0 Å². The molecule has 0 heterocycles. The summed E-state index contributed by atoms with van der Waals surface area (Å²) in [6, 6.07) is 16.1. The molecule has 2 nitrogen and oxygen atoms in total. The molecule has 2 aromatic carbocycles. The van der Waals surface area contributed by atoms with Gasteiger partial charge in [0.25, 0.3) is 0 Å². The second-order valence-corrected chi connectivity index (χ2v) is 7.24. The standard InChI is InChI=1S/C12H17O2S.C5H5.Fe/c1-9(13)14-8-10-6-5-7-11(10)15-12(2,3)4;1-2-4-5-3-1;/h5-7H,8H2,1-4H3;1-5H;/q2*-1;+2. The molecule has 21 heavy (non-hydrogen) atoms. The van der Waals surface area contributed by atoms with Crippen LogP contribution in [0.25, 0.3) is 0 Å². The minimum Gasteiger partial charge on any atom is -0.474 e. The molecule has 0 saturated carbocycles. The summed E-state index contributed by atoms with van der Waals surface area (Å²) in [5, 5.41) is 0. The summed E-state index contributed by atoms with van der Waals surface area (Å²) in [6.07, 6.45) is 0. The number of ether oxygens (including phenoxy) is 1. The first-order valence-corrected chi connectivity index (χ1v) is 7.44. The van der Waals surface area contributed by atoms with Crippen LogP contribution in [0.1, 0.15) is 33.3 Å². The van der Waals surface area contributed by atoms with Gasteiger partial charge in [0.1, 0.15) is 0 Å². The van der Waals surface area contributed by atoms with Crippen LogP contribution in [0.5, 0.6) is 0 Å². The third kappa shape index (κ3) is 9.57. The van der Waals surface area contributed by atoms with Crippen molar-refractivity contribution >= 4 is 17.7 Å². The fraction of sp³-hybridized carbons (Fsp3) is 0.353. The molecule has 0 amide bonds. The zero-order valence-corrected chi connectivity index (χ0v) is 14.8. The van der Waals surface area contributed by atoms with E-state index in [1.165, 1.54) is 11.8 Å². The molecule has 0 fully saturated rings. The Balaban J connectivity index is 0.000000562. The molecule has 0 radical (unpaired) electrons. The predicted molar refractivity (Wildman–Crippen MR) is 85.2 cm³/mol. The molecular weight excluding hydrogens is 324 g/mol. The van der Waals surface area contributed by atoms with Crippen LogP contribution in [0.15, 0.2) is 53.4 Å². The molecule has 0 aromatic heterocycles. The minimum absolute atomic E-state index is 0. The summed E-state index contributed by atoms with van der Waals surface area (Å²) >= 11 is 1.79. The minimum atomic E-state index is -0.233. The molecule has 0 unspecified atom stereocenters. The van der Waals surface area contributed by atoms with Crippen molar-refractivity contribution in [3.8, 4) is 0 Å². The van der Waals surface area contributed by atoms with Gasteiger partial charge in [0.15, 0.2) is 0 Å². The maximum Gasteiger partial charge on any atom is 2.00 e. The maximum atomic E-state index is 10.7. The number of hydrogen-bond donors (Lipinski definition) is 0. The first kappa shape index (κ1) is 20.0. The van der Waals surface area contributed by atoms with Gasteiger partial charge in [-0.25, -0.2) is 18.2 Å². The molecule has 2 rings (SSSR count). The zero-order chi connectivity index (χ0) is 15.0. The van der Waals surface area contributed by atoms with Crippen LogP contribution in [0.3, 0.4) is 0 Å². The van der Waals surface area contributed by atoms with Crippen molar-refractivity contribution in [1.29, 1.82) is 0 Å². The second kappa shape index (κ2) is 9.88. The van der Waals surface area contributed by atoms with E-state index in [0.29, 0.717) is 6.61 Å². The molecule has 0 aliphatic heterocycles. The number of esters is 1. The van der Waals surface area contributed by atoms with Crippen LogP contribution < -0.4 is 0 Å². The van der Waals surface area contributed by atoms with Crippen molar-refractivity contribution in [3.63, 3.8) is 0 Å². The first-order chi connectivity index (χ1) is 9.38. The van der Waals surface area contributed by atoms with Gasteiger partial charge in [0.05, 0.1) is 6.61 Å². The quantitative estimate of drug-likeness (QED) is 0.347. The summed E-state index contributed by atoms with van der Waals surface area (Å²) in [6.45, 7) is 8.31. The SMILES string of the molecule is CC(=O)OC[c-]1cccc1SC(C)(C)C.[Fe+2].c1cc[cH-]c1. The van der Waals surface area contributed by atoms with Crippen molar-refractivity contribution in [2.75, 3.05) is 0 Å². The number of hydrogen-bond acceptors (Lipinski definition) is 3. The molecule has 116 valence electrons. The maximum absolute atomic E-state index is 10.7. The summed E-state index contributed by atoms with van der Waals surface area (Å²) in [7, 11) is 0. The normalized spacial score (nSPS) is 10.1. The van der Waals surface area contributed by atoms with Crippen LogP contribution in [-0.4, -0.2) is 10.7 Å². The smallest absolute Gasteiger partial charge is 0.474 e. The van der Waals surface area contributed by atoms with Crippen LogP contribution in [0.4, 0.5) is 0 Å². The Labute approximate surface area is 142 Å². The molecule has 2 aromatic rings. The van der Waals surface area contributed by atoms with Crippen molar-refractivity contribution in [2.24, 2.45) is 0 Å². The van der Waals surface area contributed by atoms with E-state index in [1.807, 2.05) is 42.5 Å². The molecule has 0 atom stereocenters. The van der Waals surface area contributed by atoms with E-state index >= 15 is 0 Å². The van der Waals surface area contributed by atoms with E-state index in [1.54, 1.807) is 11.8 Å². The Hall–Kier alpha value is -0.961. The third-order valence-corrected chi connectivity index (χ3v) is 3.49. The van der Waals surface area contributed by atoms with Gasteiger partial charge in [-0.2, -0.15) is 30.3 Å². The number of carbonyl (C=O) groups excluding carboxylic acids is 1. The van der Waals surface area contributed by atoms with Crippen LogP contribution >= 0.6 is 11.8 Å². The van der Waals surface area contributed by atoms with Gasteiger partial charge < -0.3 is 4.74 Å². The van der Waals surface area contributed by atoms with Crippen LogP contribution in [-0.2, 0) is 33.2 Å². The van der Waals surface area contributed by atoms with E-state index in [4.69, 9.17) is 4.74 Å². The molecule has 0 saturated heterocycles. The third-order valence-electron chi connectivity index (χ3n) is 2.26. The average Bonchev–Trinajstić information content (AvgIpc) is 2.97. The molecule has 0 N–H and O–H groups in total. The summed E-state index contributed by atoms with van der Waals surface area (Å²) in [5.74, 6) is -0.233. The second-order valence-electron chi connectivity index (χ2n) is 5.37. The van der Waals surface area contributed by atoms with E-state index in [0.717, 1.165) is 5.56 Å². The monoisotopic (exact) mass is 346 g/mol. The van der Waals surface area contributed by atoms with E-state index in [-0.39, 0.29) is 27.8 Å². The van der Waals surface area contributed by atoms with Gasteiger partial charge in [-0.05, 0) is 0 Å². The largest absolute Gasteiger partial charge is 2.00 e. The van der Waals surface area contributed by atoms with Gasteiger partial charge in [-0.3, -0.25) is 4.79 Å². The molecule has 0 bridgehead atoms. The molecular formula is C17H22FeO2S. The van der Waals surface area contributed by atoms with Crippen LogP contribution in [0, 0.1) is 0 Å². The number of carbonyl (C=O) groups is 1. The van der Waals surface area contributed by atoms with Gasteiger partial charge >= 0.3 is 23.0 Å². The van der Waals surface area contributed by atoms with Crippen molar-refractivity contribution in [3.05, 3.63) is 54.1 Å². The Morgan fingerprint density at radius 2 is 1.90 bits per heavy atom. The Morgan fingerprint density at radius 1 is 1.29 bits per heavy atom. The Bertz CT molecular complexity index is 478. The number of rotatable bonds is 3. The summed E-state index contributed by atoms with van der Waals surface area (Å²) < 4.78 is 5.17. The predicted octanol–water partition coefficient (Wildman–Crippen LogP) is 4.76. The fourth-order valence-electron chi connectivity index (χ4n) is 1.49. The van der Waals surface area contributed by atoms with E-state index in [9.17, 15) is 4.79 Å². The van der Waals surface area contributed by atoms with E-state index in [2.05, 4.69) is 26.8 Å². The topological polar surface area (TPSA) is 26.3 Å². The summed E-state index contributed by atoms with van der Waals surface area (Å²) in [4.78, 5) is 11.9. The van der Waals surface area contributed by atoms with E-state index < -0.39 is 0 Å². The first-order valence-electron chi connectivity index (χ1n) is 6.62. The average molecular weight is 346 g/mol. The Morgan fingerprint density at radius 3 is 2.33 bits per heavy atom. The van der Waals surface area contributed by atoms with Gasteiger partial charge in [-0.15, -0.1) is 22.2 Å². The molecule has 4 heteroatoms. The van der Waals surface area contributed by atoms with Crippen molar-refractivity contribution < 1.29 is 26.6 Å². The van der Waals surface area contributed by atoms with Crippen LogP contribution in [0.2, 0.25) is 0 Å². The molecule has 0 spiro atoms. The molecule has 0 aliphatic rings. The van der Waals surface area contributed by atoms with Crippen molar-refractivity contribution in [1.82, 2.24) is 0 Å². The van der Waals surface area contributed by atoms with Gasteiger partial charge in [-0.1, -0.05) is 20.8 Å².